The van der Waals surface area contributed by atoms with Crippen molar-refractivity contribution in [1.82, 2.24) is 9.71 Å². The number of rotatable bonds is 7. The van der Waals surface area contributed by atoms with Gasteiger partial charge in [-0.15, -0.1) is 22.7 Å². The molecular weight excluding hydrogens is 390 g/mol. The van der Waals surface area contributed by atoms with Gasteiger partial charge in [0.05, 0.1) is 10.7 Å². The summed E-state index contributed by atoms with van der Waals surface area (Å²) in [5, 5.41) is 7.42. The molecule has 0 fully saturated rings. The van der Waals surface area contributed by atoms with Crippen LogP contribution in [-0.2, 0) is 14.8 Å². The van der Waals surface area contributed by atoms with Gasteiger partial charge in [0.15, 0.2) is 0 Å². The first kappa shape index (κ1) is 18.7. The number of nitrogens with zero attached hydrogens (tertiary/aromatic N) is 1. The SMILES string of the molecule is Cc1nc(-c2cccc(NC(=O)CCNS(=O)(=O)c3cccs3)c2)cs1. The van der Waals surface area contributed by atoms with Gasteiger partial charge in [-0.1, -0.05) is 18.2 Å². The summed E-state index contributed by atoms with van der Waals surface area (Å²) in [4.78, 5) is 16.5. The zero-order valence-corrected chi connectivity index (χ0v) is 16.4. The van der Waals surface area contributed by atoms with Gasteiger partial charge in [0.2, 0.25) is 15.9 Å². The third-order valence-electron chi connectivity index (χ3n) is 3.47. The van der Waals surface area contributed by atoms with Crippen molar-refractivity contribution >= 4 is 44.3 Å². The van der Waals surface area contributed by atoms with E-state index in [2.05, 4.69) is 15.0 Å². The second-order valence-corrected chi connectivity index (χ2v) is 9.46. The molecule has 3 rings (SSSR count). The molecule has 0 atom stereocenters. The quantitative estimate of drug-likeness (QED) is 0.628. The Kier molecular flexibility index (Phi) is 5.82. The number of sulfonamides is 1. The van der Waals surface area contributed by atoms with E-state index in [1.807, 2.05) is 30.5 Å². The number of carbonyl (C=O) groups excluding carboxylic acids is 1. The molecule has 0 unspecified atom stereocenters. The summed E-state index contributed by atoms with van der Waals surface area (Å²) in [6, 6.07) is 10.6. The number of aromatic nitrogens is 1. The van der Waals surface area contributed by atoms with Crippen molar-refractivity contribution in [3.63, 3.8) is 0 Å². The second-order valence-electron chi connectivity index (χ2n) is 5.46. The first-order valence-corrected chi connectivity index (χ1v) is 11.0. The van der Waals surface area contributed by atoms with Crippen LogP contribution >= 0.6 is 22.7 Å². The summed E-state index contributed by atoms with van der Waals surface area (Å²) in [7, 11) is -3.54. The van der Waals surface area contributed by atoms with E-state index in [9.17, 15) is 13.2 Å². The van der Waals surface area contributed by atoms with Gasteiger partial charge in [0, 0.05) is 29.6 Å². The molecule has 0 spiro atoms. The summed E-state index contributed by atoms with van der Waals surface area (Å²) < 4.78 is 26.7. The van der Waals surface area contributed by atoms with Gasteiger partial charge in [-0.3, -0.25) is 4.79 Å². The predicted molar refractivity (Wildman–Crippen MR) is 105 cm³/mol. The first-order valence-electron chi connectivity index (χ1n) is 7.80. The highest BCUT2D eigenvalue weighted by Crippen LogP contribution is 2.24. The highest BCUT2D eigenvalue weighted by atomic mass is 32.2. The highest BCUT2D eigenvalue weighted by Gasteiger charge is 2.15. The van der Waals surface area contributed by atoms with Crippen LogP contribution in [0.1, 0.15) is 11.4 Å². The standard InChI is InChI=1S/C17H17N3O3S3/c1-12-19-15(11-25-12)13-4-2-5-14(10-13)20-16(21)7-8-18-26(22,23)17-6-3-9-24-17/h2-6,9-11,18H,7-8H2,1H3,(H,20,21). The molecule has 2 N–H and O–H groups in total. The van der Waals surface area contributed by atoms with Crippen molar-refractivity contribution in [1.29, 1.82) is 0 Å². The maximum atomic E-state index is 12.1. The summed E-state index contributed by atoms with van der Waals surface area (Å²) in [5.74, 6) is -0.259. The molecule has 136 valence electrons. The number of thiazole rings is 1. The van der Waals surface area contributed by atoms with Crippen molar-refractivity contribution in [2.45, 2.75) is 17.6 Å². The van der Waals surface area contributed by atoms with Crippen LogP contribution in [0.15, 0.2) is 51.4 Å². The second kappa shape index (κ2) is 8.09. The minimum Gasteiger partial charge on any atom is -0.326 e. The third-order valence-corrected chi connectivity index (χ3v) is 7.10. The molecule has 0 aliphatic carbocycles. The molecule has 26 heavy (non-hydrogen) atoms. The largest absolute Gasteiger partial charge is 0.326 e. The number of thiophene rings is 1. The number of benzene rings is 1. The van der Waals surface area contributed by atoms with E-state index < -0.39 is 10.0 Å². The lowest BCUT2D eigenvalue weighted by molar-refractivity contribution is -0.116. The lowest BCUT2D eigenvalue weighted by Crippen LogP contribution is -2.27. The highest BCUT2D eigenvalue weighted by molar-refractivity contribution is 7.91. The van der Waals surface area contributed by atoms with E-state index in [1.165, 1.54) is 6.07 Å². The fourth-order valence-electron chi connectivity index (χ4n) is 2.26. The number of carbonyl (C=O) groups is 1. The van der Waals surface area contributed by atoms with E-state index in [0.717, 1.165) is 27.6 Å². The predicted octanol–water partition coefficient (Wildman–Crippen LogP) is 3.49. The van der Waals surface area contributed by atoms with Crippen LogP contribution in [0.3, 0.4) is 0 Å². The molecule has 6 nitrogen and oxygen atoms in total. The van der Waals surface area contributed by atoms with Gasteiger partial charge < -0.3 is 5.32 Å². The topological polar surface area (TPSA) is 88.2 Å². The maximum absolute atomic E-state index is 12.1. The normalized spacial score (nSPS) is 11.4. The smallest absolute Gasteiger partial charge is 0.250 e. The molecule has 0 saturated carbocycles. The number of anilines is 1. The fourth-order valence-corrected chi connectivity index (χ4v) is 4.95. The third kappa shape index (κ3) is 4.76. The zero-order chi connectivity index (χ0) is 18.6. The molecule has 3 aromatic rings. The number of aryl methyl sites for hydroxylation is 1. The molecule has 9 heteroatoms. The monoisotopic (exact) mass is 407 g/mol. The Morgan fingerprint density at radius 3 is 2.73 bits per heavy atom. The summed E-state index contributed by atoms with van der Waals surface area (Å²) in [6.07, 6.45) is 0.0463. The van der Waals surface area contributed by atoms with E-state index in [1.54, 1.807) is 28.8 Å². The number of nitrogens with one attached hydrogen (secondary N) is 2. The summed E-state index contributed by atoms with van der Waals surface area (Å²) in [5.41, 5.74) is 2.44. The molecule has 0 saturated heterocycles. The molecule has 0 bridgehead atoms. The zero-order valence-electron chi connectivity index (χ0n) is 13.9. The lowest BCUT2D eigenvalue weighted by Gasteiger charge is -2.07. The molecule has 0 radical (unpaired) electrons. The van der Waals surface area contributed by atoms with Gasteiger partial charge in [-0.25, -0.2) is 18.1 Å². The summed E-state index contributed by atoms with van der Waals surface area (Å²) in [6.45, 7) is 1.98. The van der Waals surface area contributed by atoms with Crippen LogP contribution < -0.4 is 10.0 Å². The van der Waals surface area contributed by atoms with Gasteiger partial charge in [-0.2, -0.15) is 0 Å². The molecule has 2 aromatic heterocycles. The van der Waals surface area contributed by atoms with Gasteiger partial charge >= 0.3 is 0 Å². The van der Waals surface area contributed by atoms with Crippen molar-refractivity contribution < 1.29 is 13.2 Å². The van der Waals surface area contributed by atoms with Crippen LogP contribution in [0.4, 0.5) is 5.69 Å². The first-order chi connectivity index (χ1) is 12.4. The van der Waals surface area contributed by atoms with Crippen LogP contribution in [0.25, 0.3) is 11.3 Å². The van der Waals surface area contributed by atoms with Crippen molar-refractivity contribution in [3.05, 3.63) is 52.2 Å². The molecule has 0 aliphatic heterocycles. The molecule has 2 heterocycles. The van der Waals surface area contributed by atoms with Gasteiger partial charge in [-0.05, 0) is 30.5 Å². The number of hydrogen-bond donors (Lipinski definition) is 2. The molecule has 0 aliphatic rings. The number of amides is 1. The van der Waals surface area contributed by atoms with E-state index in [-0.39, 0.29) is 23.1 Å². The fraction of sp³-hybridized carbons (Fsp3) is 0.176. The Balaban J connectivity index is 1.55. The van der Waals surface area contributed by atoms with E-state index >= 15 is 0 Å². The Morgan fingerprint density at radius 1 is 1.19 bits per heavy atom. The van der Waals surface area contributed by atoms with E-state index in [4.69, 9.17) is 0 Å². The van der Waals surface area contributed by atoms with Crippen LogP contribution in [-0.4, -0.2) is 25.9 Å². The Labute approximate surface area is 160 Å². The molecule has 1 amide bonds. The van der Waals surface area contributed by atoms with Crippen molar-refractivity contribution in [2.75, 3.05) is 11.9 Å². The van der Waals surface area contributed by atoms with Crippen molar-refractivity contribution in [2.24, 2.45) is 0 Å². The van der Waals surface area contributed by atoms with Crippen LogP contribution in [0.5, 0.6) is 0 Å². The van der Waals surface area contributed by atoms with Crippen molar-refractivity contribution in [3.8, 4) is 11.3 Å². The van der Waals surface area contributed by atoms with Crippen LogP contribution in [0.2, 0.25) is 0 Å². The molecular formula is C17H17N3O3S3. The van der Waals surface area contributed by atoms with Gasteiger partial charge in [0.1, 0.15) is 4.21 Å². The average Bonchev–Trinajstić information content (AvgIpc) is 3.27. The summed E-state index contributed by atoms with van der Waals surface area (Å²) >= 11 is 2.70. The Bertz CT molecular complexity index is 995. The van der Waals surface area contributed by atoms with E-state index in [0.29, 0.717) is 5.69 Å². The van der Waals surface area contributed by atoms with Gasteiger partial charge in [0.25, 0.3) is 0 Å². The molecule has 1 aromatic carbocycles. The minimum atomic E-state index is -3.54. The Hall–Kier alpha value is -2.07. The maximum Gasteiger partial charge on any atom is 0.250 e. The number of hydrogen-bond acceptors (Lipinski definition) is 6. The van der Waals surface area contributed by atoms with Crippen LogP contribution in [0, 0.1) is 6.92 Å². The minimum absolute atomic E-state index is 0.0387. The lowest BCUT2D eigenvalue weighted by atomic mass is 10.1. The Morgan fingerprint density at radius 2 is 2.04 bits per heavy atom. The average molecular weight is 408 g/mol.